The summed E-state index contributed by atoms with van der Waals surface area (Å²) in [5.41, 5.74) is 0.0156. The van der Waals surface area contributed by atoms with Gasteiger partial charge in [-0.05, 0) is 25.0 Å². The average Bonchev–Trinajstić information content (AvgIpc) is 2.51. The molecule has 7 heteroatoms. The number of carbonyl (C=O) groups is 3. The molecule has 1 aromatic heterocycles. The van der Waals surface area contributed by atoms with Gasteiger partial charge < -0.3 is 15.3 Å². The molecule has 0 atom stereocenters. The van der Waals surface area contributed by atoms with Gasteiger partial charge in [-0.2, -0.15) is 0 Å². The number of nitrogens with zero attached hydrogens (tertiary/aromatic N) is 2. The molecule has 0 radical (unpaired) electrons. The summed E-state index contributed by atoms with van der Waals surface area (Å²) in [6, 6.07) is 2.54. The Balaban J connectivity index is 2.86. The van der Waals surface area contributed by atoms with Crippen molar-refractivity contribution in [1.29, 1.82) is 0 Å². The highest BCUT2D eigenvalue weighted by molar-refractivity contribution is 5.97. The van der Waals surface area contributed by atoms with E-state index >= 15 is 0 Å². The van der Waals surface area contributed by atoms with Gasteiger partial charge in [0.25, 0.3) is 5.91 Å². The minimum atomic E-state index is -1.13. The molecule has 0 saturated carbocycles. The van der Waals surface area contributed by atoms with Crippen LogP contribution in [0.15, 0.2) is 18.3 Å². The monoisotopic (exact) mass is 307 g/mol. The van der Waals surface area contributed by atoms with Crippen molar-refractivity contribution in [1.82, 2.24) is 15.2 Å². The third-order valence-corrected chi connectivity index (χ3v) is 2.91. The Kier molecular flexibility index (Phi) is 7.01. The molecule has 1 rings (SSSR count). The maximum atomic E-state index is 12.4. The minimum absolute atomic E-state index is 0.00904. The lowest BCUT2D eigenvalue weighted by Crippen LogP contribution is -2.41. The molecule has 0 aliphatic carbocycles. The number of nitrogens with one attached hydrogen (secondary N) is 1. The fourth-order valence-electron chi connectivity index (χ4n) is 1.86. The smallest absolute Gasteiger partial charge is 0.335 e. The molecule has 1 heterocycles. The Morgan fingerprint density at radius 1 is 1.27 bits per heavy atom. The van der Waals surface area contributed by atoms with Gasteiger partial charge in [0.1, 0.15) is 5.69 Å². The zero-order valence-corrected chi connectivity index (χ0v) is 12.8. The molecule has 22 heavy (non-hydrogen) atoms. The quantitative estimate of drug-likeness (QED) is 0.750. The molecule has 120 valence electrons. The molecule has 1 aromatic rings. The number of aromatic carboxylic acids is 1. The summed E-state index contributed by atoms with van der Waals surface area (Å²) in [4.78, 5) is 40.4. The zero-order chi connectivity index (χ0) is 16.5. The van der Waals surface area contributed by atoms with Crippen LogP contribution >= 0.6 is 0 Å². The van der Waals surface area contributed by atoms with Crippen LogP contribution in [0.1, 0.15) is 47.5 Å². The van der Waals surface area contributed by atoms with Crippen molar-refractivity contribution in [3.8, 4) is 0 Å². The Hall–Kier alpha value is -2.44. The van der Waals surface area contributed by atoms with Crippen LogP contribution in [0.3, 0.4) is 0 Å². The first-order valence-corrected chi connectivity index (χ1v) is 7.24. The van der Waals surface area contributed by atoms with Crippen LogP contribution < -0.4 is 5.32 Å². The summed E-state index contributed by atoms with van der Waals surface area (Å²) >= 11 is 0. The third kappa shape index (κ3) is 5.16. The van der Waals surface area contributed by atoms with Crippen molar-refractivity contribution in [3.05, 3.63) is 29.6 Å². The van der Waals surface area contributed by atoms with Gasteiger partial charge in [-0.1, -0.05) is 13.8 Å². The van der Waals surface area contributed by atoms with Gasteiger partial charge in [0.15, 0.2) is 0 Å². The fraction of sp³-hybridized carbons (Fsp3) is 0.467. The van der Waals surface area contributed by atoms with Gasteiger partial charge in [0.2, 0.25) is 5.91 Å². The summed E-state index contributed by atoms with van der Waals surface area (Å²) < 4.78 is 0. The van der Waals surface area contributed by atoms with Crippen molar-refractivity contribution in [2.24, 2.45) is 0 Å². The molecule has 2 N–H and O–H groups in total. The first-order valence-electron chi connectivity index (χ1n) is 7.24. The van der Waals surface area contributed by atoms with Gasteiger partial charge in [0, 0.05) is 19.3 Å². The summed E-state index contributed by atoms with van der Waals surface area (Å²) in [6.07, 6.45) is 2.78. The Morgan fingerprint density at radius 2 is 2.00 bits per heavy atom. The van der Waals surface area contributed by atoms with Gasteiger partial charge in [-0.15, -0.1) is 0 Å². The normalized spacial score (nSPS) is 10.1. The largest absolute Gasteiger partial charge is 0.478 e. The van der Waals surface area contributed by atoms with Crippen LogP contribution in [0.5, 0.6) is 0 Å². The van der Waals surface area contributed by atoms with E-state index in [1.54, 1.807) is 0 Å². The van der Waals surface area contributed by atoms with E-state index in [-0.39, 0.29) is 23.7 Å². The lowest BCUT2D eigenvalue weighted by Gasteiger charge is -2.21. The summed E-state index contributed by atoms with van der Waals surface area (Å²) in [7, 11) is 0. The van der Waals surface area contributed by atoms with E-state index in [2.05, 4.69) is 10.3 Å². The van der Waals surface area contributed by atoms with Gasteiger partial charge in [0.05, 0.1) is 12.1 Å². The summed E-state index contributed by atoms with van der Waals surface area (Å²) in [6.45, 7) is 4.73. The lowest BCUT2D eigenvalue weighted by atomic mass is 10.2. The zero-order valence-electron chi connectivity index (χ0n) is 12.8. The van der Waals surface area contributed by atoms with Gasteiger partial charge in [-0.3, -0.25) is 14.6 Å². The second-order valence-corrected chi connectivity index (χ2v) is 4.81. The molecule has 7 nitrogen and oxygen atoms in total. The van der Waals surface area contributed by atoms with Crippen molar-refractivity contribution >= 4 is 17.8 Å². The topological polar surface area (TPSA) is 99.6 Å². The van der Waals surface area contributed by atoms with Gasteiger partial charge >= 0.3 is 5.97 Å². The molecule has 0 saturated heterocycles. The van der Waals surface area contributed by atoms with E-state index in [1.165, 1.54) is 23.2 Å². The Morgan fingerprint density at radius 3 is 2.59 bits per heavy atom. The second-order valence-electron chi connectivity index (χ2n) is 4.81. The van der Waals surface area contributed by atoms with Crippen LogP contribution in [0.4, 0.5) is 0 Å². The number of rotatable bonds is 8. The highest BCUT2D eigenvalue weighted by Crippen LogP contribution is 2.06. The van der Waals surface area contributed by atoms with Crippen molar-refractivity contribution in [2.75, 3.05) is 19.6 Å². The SMILES string of the molecule is CCCNC(=O)CN(CCC)C(=O)c1cc(C(=O)O)ccn1. The first kappa shape index (κ1) is 17.6. The molecule has 2 amide bonds. The van der Waals surface area contributed by atoms with E-state index in [0.29, 0.717) is 19.5 Å². The standard InChI is InChI=1S/C15H21N3O4/c1-3-6-17-13(19)10-18(8-4-2)14(20)12-9-11(15(21)22)5-7-16-12/h5,7,9H,3-4,6,8,10H2,1-2H3,(H,17,19)(H,21,22). The molecular formula is C15H21N3O4. The van der Waals surface area contributed by atoms with E-state index in [9.17, 15) is 14.4 Å². The molecule has 0 aliphatic rings. The Labute approximate surface area is 129 Å². The number of carboxylic acids is 1. The van der Waals surface area contributed by atoms with E-state index < -0.39 is 11.9 Å². The Bertz CT molecular complexity index is 545. The fourth-order valence-corrected chi connectivity index (χ4v) is 1.86. The molecule has 0 aliphatic heterocycles. The first-order chi connectivity index (χ1) is 10.5. The van der Waals surface area contributed by atoms with E-state index in [0.717, 1.165) is 6.42 Å². The highest BCUT2D eigenvalue weighted by Gasteiger charge is 2.20. The van der Waals surface area contributed by atoms with Crippen LogP contribution in [-0.2, 0) is 4.79 Å². The maximum Gasteiger partial charge on any atom is 0.335 e. The third-order valence-electron chi connectivity index (χ3n) is 2.91. The summed E-state index contributed by atoms with van der Waals surface area (Å²) in [5, 5.41) is 11.7. The molecule has 0 unspecified atom stereocenters. The number of hydrogen-bond donors (Lipinski definition) is 2. The predicted octanol–water partition coefficient (Wildman–Crippen LogP) is 1.16. The number of carbonyl (C=O) groups excluding carboxylic acids is 2. The minimum Gasteiger partial charge on any atom is -0.478 e. The predicted molar refractivity (Wildman–Crippen MR) is 80.7 cm³/mol. The van der Waals surface area contributed by atoms with Crippen LogP contribution in [0.2, 0.25) is 0 Å². The number of hydrogen-bond acceptors (Lipinski definition) is 4. The molecule has 0 bridgehead atoms. The number of carboxylic acid groups (broad SMARTS) is 1. The van der Waals surface area contributed by atoms with Gasteiger partial charge in [-0.25, -0.2) is 4.79 Å². The number of aromatic nitrogens is 1. The molecular weight excluding hydrogens is 286 g/mol. The highest BCUT2D eigenvalue weighted by atomic mass is 16.4. The number of pyridine rings is 1. The molecule has 0 fully saturated rings. The van der Waals surface area contributed by atoms with E-state index in [1.807, 2.05) is 13.8 Å². The maximum absolute atomic E-state index is 12.4. The lowest BCUT2D eigenvalue weighted by molar-refractivity contribution is -0.121. The van der Waals surface area contributed by atoms with Crippen LogP contribution in [-0.4, -0.2) is 52.4 Å². The van der Waals surface area contributed by atoms with Crippen molar-refractivity contribution in [3.63, 3.8) is 0 Å². The van der Waals surface area contributed by atoms with Crippen molar-refractivity contribution < 1.29 is 19.5 Å². The van der Waals surface area contributed by atoms with Crippen molar-refractivity contribution in [2.45, 2.75) is 26.7 Å². The molecule has 0 aromatic carbocycles. The van der Waals surface area contributed by atoms with E-state index in [4.69, 9.17) is 5.11 Å². The second kappa shape index (κ2) is 8.76. The van der Waals surface area contributed by atoms with Crippen LogP contribution in [0.25, 0.3) is 0 Å². The average molecular weight is 307 g/mol. The number of amides is 2. The summed E-state index contributed by atoms with van der Waals surface area (Å²) in [5.74, 6) is -1.81. The molecule has 0 spiro atoms. The van der Waals surface area contributed by atoms with Crippen LogP contribution in [0, 0.1) is 0 Å².